The summed E-state index contributed by atoms with van der Waals surface area (Å²) in [6.45, 7) is 3.97. The molecule has 2 aromatic rings. The van der Waals surface area contributed by atoms with Crippen molar-refractivity contribution < 1.29 is 19.2 Å². The van der Waals surface area contributed by atoms with Gasteiger partial charge in [0.2, 0.25) is 5.91 Å². The number of hydrogen-bond donors (Lipinski definition) is 1. The molecule has 0 saturated heterocycles. The molecule has 2 rings (SSSR count). The van der Waals surface area contributed by atoms with Crippen molar-refractivity contribution in [1.29, 1.82) is 0 Å². The van der Waals surface area contributed by atoms with Crippen LogP contribution in [0.5, 0.6) is 11.5 Å². The van der Waals surface area contributed by atoms with Gasteiger partial charge in [0.25, 0.3) is 5.69 Å². The minimum atomic E-state index is -0.445. The summed E-state index contributed by atoms with van der Waals surface area (Å²) < 4.78 is 10.8. The highest BCUT2D eigenvalue weighted by Crippen LogP contribution is 2.27. The minimum Gasteiger partial charge on any atom is -0.493 e. The molecule has 1 amide bonds. The Balaban J connectivity index is 1.78. The van der Waals surface area contributed by atoms with Crippen molar-refractivity contribution in [3.63, 3.8) is 0 Å². The average Bonchev–Trinajstić information content (AvgIpc) is 2.73. The summed E-state index contributed by atoms with van der Waals surface area (Å²) in [6, 6.07) is 11.5. The summed E-state index contributed by atoms with van der Waals surface area (Å²) in [7, 11) is 1.54. The molecular formula is C20H21N3O5S. The van der Waals surface area contributed by atoms with Crippen LogP contribution in [0.2, 0.25) is 0 Å². The highest BCUT2D eigenvalue weighted by molar-refractivity contribution is 7.99. The van der Waals surface area contributed by atoms with Gasteiger partial charge in [-0.2, -0.15) is 5.10 Å². The fourth-order valence-electron chi connectivity index (χ4n) is 2.22. The van der Waals surface area contributed by atoms with Crippen molar-refractivity contribution in [2.24, 2.45) is 5.10 Å². The van der Waals surface area contributed by atoms with Crippen molar-refractivity contribution in [3.05, 3.63) is 76.4 Å². The predicted octanol–water partition coefficient (Wildman–Crippen LogP) is 3.55. The molecular weight excluding hydrogens is 394 g/mol. The maximum atomic E-state index is 11.9. The number of nitro groups is 1. The number of carbonyl (C=O) groups excluding carboxylic acids is 1. The molecule has 29 heavy (non-hydrogen) atoms. The van der Waals surface area contributed by atoms with Crippen LogP contribution in [0, 0.1) is 10.1 Å². The van der Waals surface area contributed by atoms with E-state index in [-0.39, 0.29) is 17.3 Å². The van der Waals surface area contributed by atoms with E-state index in [1.807, 2.05) is 0 Å². The molecule has 0 saturated carbocycles. The molecule has 0 radical (unpaired) electrons. The molecule has 0 bridgehead atoms. The first-order valence-electron chi connectivity index (χ1n) is 8.58. The first kappa shape index (κ1) is 22.0. The number of nitrogens with zero attached hydrogens (tertiary/aromatic N) is 2. The first-order valence-corrected chi connectivity index (χ1v) is 9.73. The van der Waals surface area contributed by atoms with Crippen molar-refractivity contribution in [1.82, 2.24) is 5.43 Å². The quantitative estimate of drug-likeness (QED) is 0.261. The maximum Gasteiger partial charge on any atom is 0.269 e. The van der Waals surface area contributed by atoms with Gasteiger partial charge in [0.15, 0.2) is 11.5 Å². The summed E-state index contributed by atoms with van der Waals surface area (Å²) in [6.07, 6.45) is 3.16. The van der Waals surface area contributed by atoms with Gasteiger partial charge >= 0.3 is 0 Å². The van der Waals surface area contributed by atoms with Crippen LogP contribution < -0.4 is 14.9 Å². The summed E-state index contributed by atoms with van der Waals surface area (Å²) in [4.78, 5) is 22.1. The lowest BCUT2D eigenvalue weighted by atomic mass is 10.2. The number of carbonyl (C=O) groups is 1. The third kappa shape index (κ3) is 7.30. The third-order valence-electron chi connectivity index (χ3n) is 3.60. The fraction of sp³-hybridized carbons (Fsp3) is 0.200. The van der Waals surface area contributed by atoms with Gasteiger partial charge in [0, 0.05) is 17.9 Å². The number of non-ortho nitro benzene ring substituents is 1. The van der Waals surface area contributed by atoms with E-state index in [9.17, 15) is 14.9 Å². The summed E-state index contributed by atoms with van der Waals surface area (Å²) in [5.74, 6) is 1.69. The van der Waals surface area contributed by atoms with Crippen LogP contribution in [-0.2, 0) is 10.5 Å². The minimum absolute atomic E-state index is 0.0442. The zero-order valence-electron chi connectivity index (χ0n) is 15.9. The normalized spacial score (nSPS) is 10.5. The van der Waals surface area contributed by atoms with Gasteiger partial charge in [-0.25, -0.2) is 5.43 Å². The monoisotopic (exact) mass is 415 g/mol. The molecule has 0 aliphatic heterocycles. The lowest BCUT2D eigenvalue weighted by Gasteiger charge is -2.09. The molecule has 0 aromatic heterocycles. The first-order chi connectivity index (χ1) is 14.0. The molecule has 0 fully saturated rings. The number of rotatable bonds is 11. The van der Waals surface area contributed by atoms with Crippen LogP contribution >= 0.6 is 11.8 Å². The predicted molar refractivity (Wildman–Crippen MR) is 114 cm³/mol. The van der Waals surface area contributed by atoms with Gasteiger partial charge in [-0.05, 0) is 29.3 Å². The molecule has 0 aliphatic carbocycles. The standard InChI is InChI=1S/C20H21N3O5S/c1-3-10-28-18-9-6-16(11-19(18)27-2)12-21-22-20(24)14-29-13-15-4-7-17(8-5-15)23(25)26/h3-9,11-12H,1,10,13-14H2,2H3,(H,22,24)/b21-12-. The number of benzene rings is 2. The van der Waals surface area contributed by atoms with E-state index in [1.54, 1.807) is 43.5 Å². The molecule has 2 aromatic carbocycles. The second-order valence-electron chi connectivity index (χ2n) is 5.72. The molecule has 9 heteroatoms. The number of ether oxygens (including phenoxy) is 2. The number of methoxy groups -OCH3 is 1. The van der Waals surface area contributed by atoms with Crippen LogP contribution in [0.15, 0.2) is 60.2 Å². The van der Waals surface area contributed by atoms with Gasteiger partial charge < -0.3 is 9.47 Å². The molecule has 8 nitrogen and oxygen atoms in total. The molecule has 0 unspecified atom stereocenters. The van der Waals surface area contributed by atoms with Gasteiger partial charge in [-0.3, -0.25) is 14.9 Å². The Bertz CT molecular complexity index is 884. The Hall–Kier alpha value is -3.33. The van der Waals surface area contributed by atoms with E-state index in [2.05, 4.69) is 17.1 Å². The SMILES string of the molecule is C=CCOc1ccc(/C=N\NC(=O)CSCc2ccc([N+](=O)[O-])cc2)cc1OC. The van der Waals surface area contributed by atoms with Crippen LogP contribution in [-0.4, -0.2) is 36.5 Å². The number of hydrogen-bond acceptors (Lipinski definition) is 7. The van der Waals surface area contributed by atoms with Crippen molar-refractivity contribution in [2.45, 2.75) is 5.75 Å². The Morgan fingerprint density at radius 2 is 2.03 bits per heavy atom. The van der Waals surface area contributed by atoms with Gasteiger partial charge in [-0.15, -0.1) is 11.8 Å². The van der Waals surface area contributed by atoms with Gasteiger partial charge in [0.05, 0.1) is 24.0 Å². The van der Waals surface area contributed by atoms with Crippen molar-refractivity contribution in [2.75, 3.05) is 19.5 Å². The fourth-order valence-corrected chi connectivity index (χ4v) is 3.00. The van der Waals surface area contributed by atoms with E-state index in [4.69, 9.17) is 9.47 Å². The number of thioether (sulfide) groups is 1. The lowest BCUT2D eigenvalue weighted by molar-refractivity contribution is -0.384. The summed E-state index contributed by atoms with van der Waals surface area (Å²) >= 11 is 1.39. The number of amides is 1. The van der Waals surface area contributed by atoms with E-state index in [0.717, 1.165) is 11.1 Å². The summed E-state index contributed by atoms with van der Waals surface area (Å²) in [5.41, 5.74) is 4.15. The van der Waals surface area contributed by atoms with E-state index < -0.39 is 4.92 Å². The van der Waals surface area contributed by atoms with Crippen molar-refractivity contribution in [3.8, 4) is 11.5 Å². The third-order valence-corrected chi connectivity index (χ3v) is 4.60. The number of nitro benzene ring substituents is 1. The van der Waals surface area contributed by atoms with Crippen LogP contribution in [0.3, 0.4) is 0 Å². The molecule has 152 valence electrons. The summed E-state index contributed by atoms with van der Waals surface area (Å²) in [5, 5.41) is 14.6. The Kier molecular flexibility index (Phi) is 8.71. The topological polar surface area (TPSA) is 103 Å². The molecule has 0 atom stereocenters. The van der Waals surface area contributed by atoms with Crippen molar-refractivity contribution >= 4 is 29.6 Å². The van der Waals surface area contributed by atoms with Gasteiger partial charge in [-0.1, -0.05) is 24.8 Å². The number of nitrogens with one attached hydrogen (secondary N) is 1. The smallest absolute Gasteiger partial charge is 0.269 e. The van der Waals surface area contributed by atoms with Crippen LogP contribution in [0.4, 0.5) is 5.69 Å². The molecule has 0 spiro atoms. The second kappa shape index (κ2) is 11.5. The largest absolute Gasteiger partial charge is 0.493 e. The Morgan fingerprint density at radius 1 is 1.28 bits per heavy atom. The van der Waals surface area contributed by atoms with E-state index in [1.165, 1.54) is 30.1 Å². The Morgan fingerprint density at radius 3 is 2.69 bits per heavy atom. The number of hydrazone groups is 1. The lowest BCUT2D eigenvalue weighted by Crippen LogP contribution is -2.19. The maximum absolute atomic E-state index is 11.9. The zero-order valence-corrected chi connectivity index (χ0v) is 16.7. The van der Waals surface area contributed by atoms with Gasteiger partial charge in [0.1, 0.15) is 6.61 Å². The second-order valence-corrected chi connectivity index (χ2v) is 6.71. The highest BCUT2D eigenvalue weighted by atomic mass is 32.2. The molecule has 1 N–H and O–H groups in total. The average molecular weight is 415 g/mol. The zero-order chi connectivity index (χ0) is 21.1. The Labute approximate surface area is 172 Å². The van der Waals surface area contributed by atoms with Crippen LogP contribution in [0.25, 0.3) is 0 Å². The highest BCUT2D eigenvalue weighted by Gasteiger charge is 2.06. The molecule has 0 heterocycles. The molecule has 0 aliphatic rings. The van der Waals surface area contributed by atoms with Crippen LogP contribution in [0.1, 0.15) is 11.1 Å². The van der Waals surface area contributed by atoms with E-state index in [0.29, 0.717) is 23.9 Å². The van der Waals surface area contributed by atoms with E-state index >= 15 is 0 Å².